The van der Waals surface area contributed by atoms with Gasteiger partial charge in [0.25, 0.3) is 0 Å². The Balaban J connectivity index is 2.11. The molecule has 2 aliphatic rings. The predicted octanol–water partition coefficient (Wildman–Crippen LogP) is 0.750. The number of carbonyl (C=O) groups is 2. The number of aliphatic carboxylic acids is 1. The highest BCUT2D eigenvalue weighted by Gasteiger charge is 2.43. The number of amides is 1. The van der Waals surface area contributed by atoms with Gasteiger partial charge in [0.15, 0.2) is 0 Å². The van der Waals surface area contributed by atoms with E-state index >= 15 is 0 Å². The lowest BCUT2D eigenvalue weighted by Gasteiger charge is -2.32. The van der Waals surface area contributed by atoms with Gasteiger partial charge in [-0.25, -0.2) is 0 Å². The first-order valence-electron chi connectivity index (χ1n) is 7.32. The third-order valence-corrected chi connectivity index (χ3v) is 4.32. The zero-order chi connectivity index (χ0) is 14.7. The Labute approximate surface area is 119 Å². The molecule has 2 saturated heterocycles. The Morgan fingerprint density at radius 1 is 1.25 bits per heavy atom. The number of rotatable bonds is 5. The van der Waals surface area contributed by atoms with Crippen LogP contribution in [-0.4, -0.2) is 60.4 Å². The number of likely N-dealkylation sites (N-methyl/N-ethyl adjacent to an activating group) is 1. The van der Waals surface area contributed by atoms with Crippen LogP contribution in [-0.2, 0) is 19.1 Å². The van der Waals surface area contributed by atoms with Crippen LogP contribution in [0.4, 0.5) is 0 Å². The number of carbonyl (C=O) groups excluding carboxylic acids is 1. The lowest BCUT2D eigenvalue weighted by Crippen LogP contribution is -2.49. The molecule has 2 rings (SSSR count). The largest absolute Gasteiger partial charge is 0.481 e. The van der Waals surface area contributed by atoms with Crippen molar-refractivity contribution >= 4 is 11.9 Å². The predicted molar refractivity (Wildman–Crippen MR) is 71.3 cm³/mol. The molecule has 2 aliphatic heterocycles. The fraction of sp³-hybridized carbons (Fsp3) is 0.857. The minimum absolute atomic E-state index is 0.0126. The Morgan fingerprint density at radius 3 is 2.60 bits per heavy atom. The van der Waals surface area contributed by atoms with Gasteiger partial charge in [0, 0.05) is 13.2 Å². The first-order valence-corrected chi connectivity index (χ1v) is 7.32. The molecule has 2 fully saturated rings. The fourth-order valence-corrected chi connectivity index (χ4v) is 3.19. The Kier molecular flexibility index (Phi) is 4.99. The van der Waals surface area contributed by atoms with Crippen LogP contribution < -0.4 is 0 Å². The summed E-state index contributed by atoms with van der Waals surface area (Å²) < 4.78 is 10.8. The summed E-state index contributed by atoms with van der Waals surface area (Å²) in [6.45, 7) is 5.49. The van der Waals surface area contributed by atoms with Crippen molar-refractivity contribution in [3.63, 3.8) is 0 Å². The summed E-state index contributed by atoms with van der Waals surface area (Å²) in [6, 6.07) is -0.358. The van der Waals surface area contributed by atoms with Crippen LogP contribution in [0.1, 0.15) is 26.7 Å². The van der Waals surface area contributed by atoms with Crippen LogP contribution in [0, 0.1) is 11.8 Å². The molecule has 4 atom stereocenters. The third kappa shape index (κ3) is 2.81. The molecule has 6 heteroatoms. The SMILES string of the molecule is CCC1OCCC1C(=O)N(CC)C1COCC1C(=O)O. The molecule has 0 aliphatic carbocycles. The van der Waals surface area contributed by atoms with Gasteiger partial charge >= 0.3 is 5.97 Å². The maximum Gasteiger partial charge on any atom is 0.311 e. The van der Waals surface area contributed by atoms with Gasteiger partial charge in [-0.1, -0.05) is 6.92 Å². The van der Waals surface area contributed by atoms with E-state index in [9.17, 15) is 14.7 Å². The first-order chi connectivity index (χ1) is 9.60. The minimum Gasteiger partial charge on any atom is -0.481 e. The van der Waals surface area contributed by atoms with Crippen LogP contribution in [0.15, 0.2) is 0 Å². The van der Waals surface area contributed by atoms with Gasteiger partial charge in [-0.15, -0.1) is 0 Å². The number of ether oxygens (including phenoxy) is 2. The van der Waals surface area contributed by atoms with Crippen LogP contribution in [0.2, 0.25) is 0 Å². The Morgan fingerprint density at radius 2 is 2.00 bits per heavy atom. The quantitative estimate of drug-likeness (QED) is 0.806. The molecule has 0 spiro atoms. The second kappa shape index (κ2) is 6.54. The fourth-order valence-electron chi connectivity index (χ4n) is 3.19. The van der Waals surface area contributed by atoms with Crippen molar-refractivity contribution in [3.8, 4) is 0 Å². The average Bonchev–Trinajstić information content (AvgIpc) is 3.07. The number of hydrogen-bond acceptors (Lipinski definition) is 4. The zero-order valence-electron chi connectivity index (χ0n) is 12.1. The van der Waals surface area contributed by atoms with Crippen LogP contribution in [0.25, 0.3) is 0 Å². The topological polar surface area (TPSA) is 76.1 Å². The van der Waals surface area contributed by atoms with Crippen LogP contribution in [0.5, 0.6) is 0 Å². The molecule has 1 N–H and O–H groups in total. The summed E-state index contributed by atoms with van der Waals surface area (Å²) >= 11 is 0. The average molecular weight is 285 g/mol. The normalized spacial score (nSPS) is 33.3. The molecule has 0 radical (unpaired) electrons. The van der Waals surface area contributed by atoms with Gasteiger partial charge in [0.2, 0.25) is 5.91 Å². The molecular formula is C14H23NO5. The van der Waals surface area contributed by atoms with Crippen molar-refractivity contribution in [2.75, 3.05) is 26.4 Å². The molecule has 2 heterocycles. The maximum atomic E-state index is 12.7. The number of hydrogen-bond donors (Lipinski definition) is 1. The van der Waals surface area contributed by atoms with E-state index in [1.165, 1.54) is 0 Å². The maximum absolute atomic E-state index is 12.7. The molecule has 0 aromatic rings. The molecule has 20 heavy (non-hydrogen) atoms. The van der Waals surface area contributed by atoms with Crippen LogP contribution >= 0.6 is 0 Å². The monoisotopic (exact) mass is 285 g/mol. The van der Waals surface area contributed by atoms with E-state index in [0.717, 1.165) is 12.8 Å². The van der Waals surface area contributed by atoms with E-state index in [1.807, 2.05) is 13.8 Å². The standard InChI is InChI=1S/C14H23NO5/c1-3-12-9(5-6-20-12)13(16)15(4-2)11-8-19-7-10(11)14(17)18/h9-12H,3-8H2,1-2H3,(H,17,18). The zero-order valence-corrected chi connectivity index (χ0v) is 12.1. The van der Waals surface area contributed by atoms with E-state index in [2.05, 4.69) is 0 Å². The van der Waals surface area contributed by atoms with Gasteiger partial charge in [-0.05, 0) is 19.8 Å². The van der Waals surface area contributed by atoms with E-state index in [1.54, 1.807) is 4.90 Å². The summed E-state index contributed by atoms with van der Waals surface area (Å²) in [5.74, 6) is -1.65. The summed E-state index contributed by atoms with van der Waals surface area (Å²) in [7, 11) is 0. The second-order valence-electron chi connectivity index (χ2n) is 5.39. The van der Waals surface area contributed by atoms with E-state index < -0.39 is 11.9 Å². The first kappa shape index (κ1) is 15.3. The molecule has 0 aromatic carbocycles. The van der Waals surface area contributed by atoms with Crippen molar-refractivity contribution < 1.29 is 24.2 Å². The van der Waals surface area contributed by atoms with Gasteiger partial charge < -0.3 is 19.5 Å². The van der Waals surface area contributed by atoms with Crippen LogP contribution in [0.3, 0.4) is 0 Å². The smallest absolute Gasteiger partial charge is 0.311 e. The highest BCUT2D eigenvalue weighted by Crippen LogP contribution is 2.28. The number of carboxylic acids is 1. The van der Waals surface area contributed by atoms with Gasteiger partial charge in [-0.2, -0.15) is 0 Å². The van der Waals surface area contributed by atoms with Crippen molar-refractivity contribution in [2.24, 2.45) is 11.8 Å². The van der Waals surface area contributed by atoms with Crippen molar-refractivity contribution in [1.82, 2.24) is 4.90 Å². The number of carboxylic acid groups (broad SMARTS) is 1. The highest BCUT2D eigenvalue weighted by molar-refractivity contribution is 5.81. The van der Waals surface area contributed by atoms with Gasteiger partial charge in [0.1, 0.15) is 5.92 Å². The lowest BCUT2D eigenvalue weighted by atomic mass is 9.95. The molecule has 0 bridgehead atoms. The highest BCUT2D eigenvalue weighted by atomic mass is 16.5. The summed E-state index contributed by atoms with van der Waals surface area (Å²) in [5, 5.41) is 9.23. The summed E-state index contributed by atoms with van der Waals surface area (Å²) in [4.78, 5) is 25.6. The van der Waals surface area contributed by atoms with Crippen molar-refractivity contribution in [1.29, 1.82) is 0 Å². The molecule has 4 unspecified atom stereocenters. The van der Waals surface area contributed by atoms with Gasteiger partial charge in [-0.3, -0.25) is 9.59 Å². The summed E-state index contributed by atoms with van der Waals surface area (Å²) in [5.41, 5.74) is 0. The third-order valence-electron chi connectivity index (χ3n) is 4.32. The van der Waals surface area contributed by atoms with Crippen molar-refractivity contribution in [3.05, 3.63) is 0 Å². The van der Waals surface area contributed by atoms with E-state index in [0.29, 0.717) is 19.8 Å². The summed E-state index contributed by atoms with van der Waals surface area (Å²) in [6.07, 6.45) is 1.48. The molecule has 0 aromatic heterocycles. The Hall–Kier alpha value is -1.14. The number of nitrogens with zero attached hydrogens (tertiary/aromatic N) is 1. The minimum atomic E-state index is -0.895. The Bertz CT molecular complexity index is 373. The molecule has 114 valence electrons. The van der Waals surface area contributed by atoms with E-state index in [4.69, 9.17) is 9.47 Å². The van der Waals surface area contributed by atoms with Gasteiger partial charge in [0.05, 0.1) is 31.3 Å². The lowest BCUT2D eigenvalue weighted by molar-refractivity contribution is -0.146. The van der Waals surface area contributed by atoms with E-state index in [-0.39, 0.29) is 30.6 Å². The molecular weight excluding hydrogens is 262 g/mol. The molecule has 1 amide bonds. The molecule has 6 nitrogen and oxygen atoms in total. The molecule has 0 saturated carbocycles. The van der Waals surface area contributed by atoms with Crippen molar-refractivity contribution in [2.45, 2.75) is 38.8 Å². The second-order valence-corrected chi connectivity index (χ2v) is 5.39.